The molecule has 78 valence electrons. The van der Waals surface area contributed by atoms with Crippen LogP contribution >= 0.6 is 11.8 Å². The van der Waals surface area contributed by atoms with Crippen molar-refractivity contribution in [2.24, 2.45) is 0 Å². The maximum Gasteiger partial charge on any atom is 0.128 e. The molecule has 1 heterocycles. The largest absolute Gasteiger partial charge is 0.384 e. The summed E-state index contributed by atoms with van der Waals surface area (Å²) in [5, 5.41) is 3.24. The summed E-state index contributed by atoms with van der Waals surface area (Å²) in [6, 6.07) is 5.64. The lowest BCUT2D eigenvalue weighted by molar-refractivity contribution is 0.840. The minimum absolute atomic E-state index is 0.569. The fourth-order valence-electron chi connectivity index (χ4n) is 1.14. The Morgan fingerprint density at radius 3 is 3.00 bits per heavy atom. The van der Waals surface area contributed by atoms with Gasteiger partial charge in [0.1, 0.15) is 11.6 Å². The standard InChI is InChI=1S/C10H17N3S/c1-14-8-3-2-7-12-10-6-4-5-9(11)13-10/h4-6H,2-3,7-8H2,1H3,(H3,11,12,13). The second-order valence-electron chi connectivity index (χ2n) is 3.07. The van der Waals surface area contributed by atoms with Crippen molar-refractivity contribution in [1.29, 1.82) is 0 Å². The number of nitrogens with zero attached hydrogens (tertiary/aromatic N) is 1. The van der Waals surface area contributed by atoms with Crippen LogP contribution in [0.4, 0.5) is 11.6 Å². The van der Waals surface area contributed by atoms with Crippen LogP contribution in [0.3, 0.4) is 0 Å². The third-order valence-corrected chi connectivity index (χ3v) is 2.55. The van der Waals surface area contributed by atoms with Gasteiger partial charge in [-0.15, -0.1) is 0 Å². The number of rotatable bonds is 6. The minimum atomic E-state index is 0.569. The molecule has 14 heavy (non-hydrogen) atoms. The summed E-state index contributed by atoms with van der Waals surface area (Å²) in [5.41, 5.74) is 5.56. The molecule has 1 aromatic heterocycles. The highest BCUT2D eigenvalue weighted by molar-refractivity contribution is 7.98. The van der Waals surface area contributed by atoms with Gasteiger partial charge in [0.15, 0.2) is 0 Å². The number of unbranched alkanes of at least 4 members (excludes halogenated alkanes) is 1. The van der Waals surface area contributed by atoms with Crippen molar-refractivity contribution in [2.45, 2.75) is 12.8 Å². The molecule has 3 N–H and O–H groups in total. The van der Waals surface area contributed by atoms with Crippen LogP contribution in [0, 0.1) is 0 Å². The first kappa shape index (κ1) is 11.2. The second kappa shape index (κ2) is 6.54. The Hall–Kier alpha value is -0.900. The van der Waals surface area contributed by atoms with Crippen LogP contribution in [0.1, 0.15) is 12.8 Å². The molecule has 0 aliphatic carbocycles. The van der Waals surface area contributed by atoms with Gasteiger partial charge in [0.2, 0.25) is 0 Å². The Kier molecular flexibility index (Phi) is 5.22. The van der Waals surface area contributed by atoms with E-state index in [4.69, 9.17) is 5.73 Å². The molecule has 0 unspecified atom stereocenters. The fourth-order valence-corrected chi connectivity index (χ4v) is 1.63. The quantitative estimate of drug-likeness (QED) is 0.708. The number of aromatic nitrogens is 1. The smallest absolute Gasteiger partial charge is 0.128 e. The minimum Gasteiger partial charge on any atom is -0.384 e. The second-order valence-corrected chi connectivity index (χ2v) is 4.06. The SMILES string of the molecule is CSCCCCNc1cccc(N)n1. The average molecular weight is 211 g/mol. The van der Waals surface area contributed by atoms with E-state index in [-0.39, 0.29) is 0 Å². The molecule has 0 fully saturated rings. The Morgan fingerprint density at radius 1 is 1.43 bits per heavy atom. The van der Waals surface area contributed by atoms with Crippen LogP contribution in [0.15, 0.2) is 18.2 Å². The average Bonchev–Trinajstić information content (AvgIpc) is 2.18. The van der Waals surface area contributed by atoms with Crippen molar-refractivity contribution in [3.05, 3.63) is 18.2 Å². The van der Waals surface area contributed by atoms with Gasteiger partial charge in [-0.3, -0.25) is 0 Å². The third-order valence-electron chi connectivity index (χ3n) is 1.85. The van der Waals surface area contributed by atoms with E-state index in [0.717, 1.165) is 12.4 Å². The third kappa shape index (κ3) is 4.37. The highest BCUT2D eigenvalue weighted by Gasteiger charge is 1.93. The van der Waals surface area contributed by atoms with E-state index in [2.05, 4.69) is 16.6 Å². The summed E-state index contributed by atoms with van der Waals surface area (Å²) in [6.07, 6.45) is 4.56. The molecule has 0 aliphatic heterocycles. The Labute approximate surface area is 89.5 Å². The normalized spacial score (nSPS) is 10.1. The maximum atomic E-state index is 5.56. The van der Waals surface area contributed by atoms with E-state index >= 15 is 0 Å². The lowest BCUT2D eigenvalue weighted by Crippen LogP contribution is -2.04. The molecule has 1 aromatic rings. The van der Waals surface area contributed by atoms with Crippen molar-refractivity contribution in [3.63, 3.8) is 0 Å². The number of nitrogens with one attached hydrogen (secondary N) is 1. The van der Waals surface area contributed by atoms with Gasteiger partial charge in [-0.25, -0.2) is 4.98 Å². The van der Waals surface area contributed by atoms with Crippen molar-refractivity contribution < 1.29 is 0 Å². The van der Waals surface area contributed by atoms with Crippen LogP contribution in [-0.2, 0) is 0 Å². The van der Waals surface area contributed by atoms with Gasteiger partial charge in [-0.2, -0.15) is 11.8 Å². The van der Waals surface area contributed by atoms with Gasteiger partial charge in [-0.05, 0) is 37.0 Å². The number of nitrogen functional groups attached to an aromatic ring is 1. The Morgan fingerprint density at radius 2 is 2.29 bits per heavy atom. The van der Waals surface area contributed by atoms with Crippen molar-refractivity contribution in [2.75, 3.05) is 29.6 Å². The number of hydrogen-bond donors (Lipinski definition) is 2. The van der Waals surface area contributed by atoms with Crippen LogP contribution in [0.2, 0.25) is 0 Å². The molecule has 0 saturated heterocycles. The van der Waals surface area contributed by atoms with E-state index in [1.54, 1.807) is 6.07 Å². The first-order chi connectivity index (χ1) is 6.83. The molecule has 0 aromatic carbocycles. The fraction of sp³-hybridized carbons (Fsp3) is 0.500. The van der Waals surface area contributed by atoms with Gasteiger partial charge in [-0.1, -0.05) is 6.07 Å². The molecule has 0 amide bonds. The molecule has 0 radical (unpaired) electrons. The van der Waals surface area contributed by atoms with Crippen LogP contribution in [0.5, 0.6) is 0 Å². The van der Waals surface area contributed by atoms with E-state index < -0.39 is 0 Å². The van der Waals surface area contributed by atoms with Crippen molar-refractivity contribution >= 4 is 23.4 Å². The molecule has 4 heteroatoms. The molecule has 0 atom stereocenters. The van der Waals surface area contributed by atoms with Gasteiger partial charge < -0.3 is 11.1 Å². The molecular weight excluding hydrogens is 194 g/mol. The van der Waals surface area contributed by atoms with E-state index in [1.807, 2.05) is 23.9 Å². The molecule has 3 nitrogen and oxygen atoms in total. The van der Waals surface area contributed by atoms with Crippen LogP contribution in [-0.4, -0.2) is 23.5 Å². The highest BCUT2D eigenvalue weighted by atomic mass is 32.2. The van der Waals surface area contributed by atoms with E-state index in [1.165, 1.54) is 18.6 Å². The van der Waals surface area contributed by atoms with Gasteiger partial charge in [0.25, 0.3) is 0 Å². The molecule has 0 spiro atoms. The number of thioether (sulfide) groups is 1. The Bertz CT molecular complexity index is 265. The predicted molar refractivity (Wildman–Crippen MR) is 64.8 cm³/mol. The van der Waals surface area contributed by atoms with Crippen molar-refractivity contribution in [3.8, 4) is 0 Å². The summed E-state index contributed by atoms with van der Waals surface area (Å²) < 4.78 is 0. The summed E-state index contributed by atoms with van der Waals surface area (Å²) in [5.74, 6) is 2.67. The van der Waals surface area contributed by atoms with E-state index in [9.17, 15) is 0 Å². The first-order valence-electron chi connectivity index (χ1n) is 4.78. The molecular formula is C10H17N3S. The summed E-state index contributed by atoms with van der Waals surface area (Å²) >= 11 is 1.89. The summed E-state index contributed by atoms with van der Waals surface area (Å²) in [4.78, 5) is 4.15. The van der Waals surface area contributed by atoms with Gasteiger partial charge in [0, 0.05) is 6.54 Å². The molecule has 0 bridgehead atoms. The molecule has 0 aliphatic rings. The number of pyridine rings is 1. The van der Waals surface area contributed by atoms with E-state index in [0.29, 0.717) is 5.82 Å². The topological polar surface area (TPSA) is 50.9 Å². The number of hydrogen-bond acceptors (Lipinski definition) is 4. The first-order valence-corrected chi connectivity index (χ1v) is 6.17. The molecule has 1 rings (SSSR count). The lowest BCUT2D eigenvalue weighted by Gasteiger charge is -2.05. The number of anilines is 2. The van der Waals surface area contributed by atoms with Crippen molar-refractivity contribution in [1.82, 2.24) is 4.98 Å². The lowest BCUT2D eigenvalue weighted by atomic mass is 10.3. The zero-order valence-electron chi connectivity index (χ0n) is 8.49. The molecule has 0 saturated carbocycles. The summed E-state index contributed by atoms with van der Waals surface area (Å²) in [7, 11) is 0. The zero-order chi connectivity index (χ0) is 10.2. The maximum absolute atomic E-state index is 5.56. The van der Waals surface area contributed by atoms with Gasteiger partial charge >= 0.3 is 0 Å². The number of nitrogens with two attached hydrogens (primary N) is 1. The predicted octanol–water partition coefficient (Wildman–Crippen LogP) is 2.22. The van der Waals surface area contributed by atoms with Gasteiger partial charge in [0.05, 0.1) is 0 Å². The highest BCUT2D eigenvalue weighted by Crippen LogP contribution is 2.06. The van der Waals surface area contributed by atoms with Crippen LogP contribution in [0.25, 0.3) is 0 Å². The van der Waals surface area contributed by atoms with Crippen LogP contribution < -0.4 is 11.1 Å². The monoisotopic (exact) mass is 211 g/mol. The summed E-state index contributed by atoms with van der Waals surface area (Å²) in [6.45, 7) is 0.969. The Balaban J connectivity index is 2.18. The zero-order valence-corrected chi connectivity index (χ0v) is 9.31.